The SMILES string of the molecule is CCOc1ccc(OCC(=O)OCC(=O)N2CC[C@H](C)Sc3ccccc32)cc1. The Morgan fingerprint density at radius 2 is 1.72 bits per heavy atom. The van der Waals surface area contributed by atoms with Crippen molar-refractivity contribution in [3.8, 4) is 11.5 Å². The minimum Gasteiger partial charge on any atom is -0.494 e. The highest BCUT2D eigenvalue weighted by atomic mass is 32.2. The number of thioether (sulfide) groups is 1. The predicted molar refractivity (Wildman–Crippen MR) is 113 cm³/mol. The minimum absolute atomic E-state index is 0.235. The number of fused-ring (bicyclic) bond motifs is 1. The lowest BCUT2D eigenvalue weighted by atomic mass is 10.2. The molecule has 7 heteroatoms. The molecule has 0 radical (unpaired) electrons. The Hall–Kier alpha value is -2.67. The van der Waals surface area contributed by atoms with Crippen LogP contribution in [0.5, 0.6) is 11.5 Å². The van der Waals surface area contributed by atoms with Crippen LogP contribution in [-0.2, 0) is 14.3 Å². The Morgan fingerprint density at radius 1 is 1.03 bits per heavy atom. The number of carbonyl (C=O) groups is 2. The van der Waals surface area contributed by atoms with Crippen molar-refractivity contribution in [2.75, 3.05) is 31.3 Å². The Bertz CT molecular complexity index is 839. The molecule has 1 atom stereocenters. The van der Waals surface area contributed by atoms with E-state index in [-0.39, 0.29) is 19.1 Å². The summed E-state index contributed by atoms with van der Waals surface area (Å²) in [5, 5.41) is 0.416. The quantitative estimate of drug-likeness (QED) is 0.639. The maximum Gasteiger partial charge on any atom is 0.344 e. The summed E-state index contributed by atoms with van der Waals surface area (Å²) < 4.78 is 15.9. The molecule has 3 rings (SSSR count). The first-order valence-electron chi connectivity index (χ1n) is 9.64. The van der Waals surface area contributed by atoms with E-state index in [4.69, 9.17) is 14.2 Å². The highest BCUT2D eigenvalue weighted by molar-refractivity contribution is 8.00. The van der Waals surface area contributed by atoms with Gasteiger partial charge in [-0.25, -0.2) is 4.79 Å². The zero-order valence-electron chi connectivity index (χ0n) is 16.6. The lowest BCUT2D eigenvalue weighted by Gasteiger charge is -2.22. The first kappa shape index (κ1) is 21.0. The van der Waals surface area contributed by atoms with Gasteiger partial charge < -0.3 is 19.1 Å². The molecular formula is C22H25NO5S. The van der Waals surface area contributed by atoms with Crippen LogP contribution in [0, 0.1) is 0 Å². The van der Waals surface area contributed by atoms with Crippen LogP contribution >= 0.6 is 11.8 Å². The van der Waals surface area contributed by atoms with E-state index >= 15 is 0 Å². The molecule has 0 aromatic heterocycles. The van der Waals surface area contributed by atoms with Crippen molar-refractivity contribution in [1.29, 1.82) is 0 Å². The Balaban J connectivity index is 1.50. The van der Waals surface area contributed by atoms with Crippen LogP contribution in [0.15, 0.2) is 53.4 Å². The maximum absolute atomic E-state index is 12.7. The van der Waals surface area contributed by atoms with E-state index in [1.807, 2.05) is 31.2 Å². The Kier molecular flexibility index (Phi) is 7.41. The summed E-state index contributed by atoms with van der Waals surface area (Å²) in [7, 11) is 0. The van der Waals surface area contributed by atoms with E-state index in [0.717, 1.165) is 22.8 Å². The van der Waals surface area contributed by atoms with E-state index < -0.39 is 5.97 Å². The second-order valence-corrected chi connectivity index (χ2v) is 8.06. The molecule has 0 saturated carbocycles. The van der Waals surface area contributed by atoms with E-state index in [2.05, 4.69) is 6.92 Å². The molecule has 2 aromatic rings. The van der Waals surface area contributed by atoms with Crippen LogP contribution in [0.2, 0.25) is 0 Å². The van der Waals surface area contributed by atoms with Crippen molar-refractivity contribution in [2.45, 2.75) is 30.4 Å². The summed E-state index contributed by atoms with van der Waals surface area (Å²) in [6.07, 6.45) is 0.875. The number of hydrogen-bond donors (Lipinski definition) is 0. The van der Waals surface area contributed by atoms with E-state index in [0.29, 0.717) is 24.2 Å². The molecule has 154 valence electrons. The van der Waals surface area contributed by atoms with E-state index in [1.165, 1.54) is 0 Å². The Labute approximate surface area is 175 Å². The summed E-state index contributed by atoms with van der Waals surface area (Å²) in [6, 6.07) is 14.8. The molecule has 1 aliphatic rings. The minimum atomic E-state index is -0.585. The molecule has 29 heavy (non-hydrogen) atoms. The monoisotopic (exact) mass is 415 g/mol. The third-order valence-corrected chi connectivity index (χ3v) is 5.63. The molecule has 0 spiro atoms. The number of benzene rings is 2. The molecule has 1 heterocycles. The van der Waals surface area contributed by atoms with Crippen LogP contribution in [-0.4, -0.2) is 43.5 Å². The van der Waals surface area contributed by atoms with Crippen molar-refractivity contribution in [3.05, 3.63) is 48.5 Å². The summed E-state index contributed by atoms with van der Waals surface area (Å²) >= 11 is 1.76. The molecule has 0 saturated heterocycles. The maximum atomic E-state index is 12.7. The van der Waals surface area contributed by atoms with Gasteiger partial charge in [0.05, 0.1) is 12.3 Å². The van der Waals surface area contributed by atoms with Gasteiger partial charge in [0.25, 0.3) is 5.91 Å². The summed E-state index contributed by atoms with van der Waals surface area (Å²) in [5.41, 5.74) is 0.869. The van der Waals surface area contributed by atoms with Gasteiger partial charge in [-0.1, -0.05) is 19.1 Å². The molecule has 0 bridgehead atoms. The molecule has 0 unspecified atom stereocenters. The molecular weight excluding hydrogens is 390 g/mol. The third kappa shape index (κ3) is 5.90. The fourth-order valence-corrected chi connectivity index (χ4v) is 4.06. The average Bonchev–Trinajstić information content (AvgIpc) is 2.90. The van der Waals surface area contributed by atoms with Crippen LogP contribution in [0.4, 0.5) is 5.69 Å². The molecule has 6 nitrogen and oxygen atoms in total. The van der Waals surface area contributed by atoms with Gasteiger partial charge in [0.15, 0.2) is 13.2 Å². The molecule has 2 aromatic carbocycles. The fraction of sp³-hybridized carbons (Fsp3) is 0.364. The van der Waals surface area contributed by atoms with Crippen LogP contribution in [0.1, 0.15) is 20.3 Å². The van der Waals surface area contributed by atoms with Crippen LogP contribution in [0.3, 0.4) is 0 Å². The second kappa shape index (κ2) is 10.2. The number of esters is 1. The van der Waals surface area contributed by atoms with Crippen molar-refractivity contribution < 1.29 is 23.8 Å². The number of amides is 1. The summed E-state index contributed by atoms with van der Waals surface area (Å²) in [6.45, 7) is 4.67. The molecule has 1 amide bonds. The smallest absolute Gasteiger partial charge is 0.344 e. The number of nitrogens with zero attached hydrogens (tertiary/aromatic N) is 1. The molecule has 0 fully saturated rings. The normalized spacial score (nSPS) is 15.8. The number of hydrogen-bond acceptors (Lipinski definition) is 6. The number of anilines is 1. The first-order chi connectivity index (χ1) is 14.1. The average molecular weight is 416 g/mol. The van der Waals surface area contributed by atoms with Crippen molar-refractivity contribution in [1.82, 2.24) is 0 Å². The topological polar surface area (TPSA) is 65.1 Å². The summed E-state index contributed by atoms with van der Waals surface area (Å²) in [5.74, 6) is 0.446. The van der Waals surface area contributed by atoms with Crippen molar-refractivity contribution in [2.24, 2.45) is 0 Å². The molecule has 0 N–H and O–H groups in total. The Morgan fingerprint density at radius 3 is 2.45 bits per heavy atom. The lowest BCUT2D eigenvalue weighted by Crippen LogP contribution is -2.36. The second-order valence-electron chi connectivity index (χ2n) is 6.58. The first-order valence-corrected chi connectivity index (χ1v) is 10.5. The van der Waals surface area contributed by atoms with Crippen molar-refractivity contribution in [3.63, 3.8) is 0 Å². The largest absolute Gasteiger partial charge is 0.494 e. The number of carbonyl (C=O) groups excluding carboxylic acids is 2. The van der Waals surface area contributed by atoms with Gasteiger partial charge in [-0.15, -0.1) is 11.8 Å². The van der Waals surface area contributed by atoms with Gasteiger partial charge in [0.2, 0.25) is 0 Å². The van der Waals surface area contributed by atoms with Gasteiger partial charge in [-0.2, -0.15) is 0 Å². The fourth-order valence-electron chi connectivity index (χ4n) is 2.95. The van der Waals surface area contributed by atoms with Crippen LogP contribution in [0.25, 0.3) is 0 Å². The van der Waals surface area contributed by atoms with Crippen molar-refractivity contribution >= 4 is 29.3 Å². The summed E-state index contributed by atoms with van der Waals surface area (Å²) in [4.78, 5) is 27.4. The van der Waals surface area contributed by atoms with E-state index in [9.17, 15) is 9.59 Å². The zero-order valence-corrected chi connectivity index (χ0v) is 17.4. The third-order valence-electron chi connectivity index (χ3n) is 4.39. The molecule has 0 aliphatic carbocycles. The van der Waals surface area contributed by atoms with Gasteiger partial charge in [-0.05, 0) is 49.7 Å². The highest BCUT2D eigenvalue weighted by Crippen LogP contribution is 2.37. The van der Waals surface area contributed by atoms with Gasteiger partial charge >= 0.3 is 5.97 Å². The van der Waals surface area contributed by atoms with E-state index in [1.54, 1.807) is 40.9 Å². The zero-order chi connectivity index (χ0) is 20.6. The van der Waals surface area contributed by atoms with Gasteiger partial charge in [0, 0.05) is 16.7 Å². The van der Waals surface area contributed by atoms with Gasteiger partial charge in [-0.3, -0.25) is 4.79 Å². The van der Waals surface area contributed by atoms with Gasteiger partial charge in [0.1, 0.15) is 11.5 Å². The number of ether oxygens (including phenoxy) is 3. The molecule has 1 aliphatic heterocycles. The lowest BCUT2D eigenvalue weighted by molar-refractivity contribution is -0.149. The number of para-hydroxylation sites is 1. The highest BCUT2D eigenvalue weighted by Gasteiger charge is 2.24. The number of rotatable bonds is 7. The predicted octanol–water partition coefficient (Wildman–Crippen LogP) is 3.92. The van der Waals surface area contributed by atoms with Crippen LogP contribution < -0.4 is 14.4 Å². The standard InChI is InChI=1S/C22H25NO5S/c1-3-26-17-8-10-18(11-9-17)27-15-22(25)28-14-21(24)23-13-12-16(2)29-20-7-5-4-6-19(20)23/h4-11,16H,3,12-15H2,1-2H3/t16-/m0/s1.